The number of fused-ring (bicyclic) bond motifs is 2. The fourth-order valence-electron chi connectivity index (χ4n) is 2.33. The molecule has 1 heteroatoms. The van der Waals surface area contributed by atoms with Crippen LogP contribution < -0.4 is 4.74 Å². The molecule has 1 heterocycles. The maximum absolute atomic E-state index is 5.86. The summed E-state index contributed by atoms with van der Waals surface area (Å²) in [6, 6.07) is 17.4. The molecule has 16 heavy (non-hydrogen) atoms. The van der Waals surface area contributed by atoms with Gasteiger partial charge in [-0.15, -0.1) is 0 Å². The molecule has 1 radical (unpaired) electrons. The van der Waals surface area contributed by atoms with Gasteiger partial charge in [0.25, 0.3) is 0 Å². The van der Waals surface area contributed by atoms with E-state index in [0.717, 1.165) is 11.5 Å². The van der Waals surface area contributed by atoms with Crippen molar-refractivity contribution in [3.05, 3.63) is 59.7 Å². The predicted molar refractivity (Wildman–Crippen MR) is 63.9 cm³/mol. The zero-order valence-electron chi connectivity index (χ0n) is 9.45. The number of benzene rings is 2. The van der Waals surface area contributed by atoms with Gasteiger partial charge < -0.3 is 4.74 Å². The summed E-state index contributed by atoms with van der Waals surface area (Å²) in [6.45, 7) is 4.45. The fraction of sp³-hybridized carbons (Fsp3) is 0.200. The summed E-state index contributed by atoms with van der Waals surface area (Å²) in [7, 11) is 0. The van der Waals surface area contributed by atoms with Crippen LogP contribution in [0.2, 0.25) is 0 Å². The van der Waals surface area contributed by atoms with Crippen LogP contribution in [0.25, 0.3) is 0 Å². The van der Waals surface area contributed by atoms with Gasteiger partial charge in [-0.05, 0) is 6.07 Å². The van der Waals surface area contributed by atoms with Crippen molar-refractivity contribution in [1.82, 2.24) is 0 Å². The highest BCUT2D eigenvalue weighted by molar-refractivity contribution is 5.55. The van der Waals surface area contributed by atoms with E-state index in [1.54, 1.807) is 0 Å². The monoisotopic (exact) mass is 209 g/mol. The van der Waals surface area contributed by atoms with Gasteiger partial charge in [-0.3, -0.25) is 0 Å². The first kappa shape index (κ1) is 9.46. The summed E-state index contributed by atoms with van der Waals surface area (Å²) in [4.78, 5) is 0. The second-order valence-electron chi connectivity index (χ2n) is 4.64. The van der Waals surface area contributed by atoms with Gasteiger partial charge in [0, 0.05) is 22.6 Å². The smallest absolute Gasteiger partial charge is 0.139 e. The van der Waals surface area contributed by atoms with Gasteiger partial charge in [-0.2, -0.15) is 0 Å². The Labute approximate surface area is 95.7 Å². The Balaban J connectivity index is 2.28. The molecule has 2 aromatic carbocycles. The summed E-state index contributed by atoms with van der Waals surface area (Å²) in [5.74, 6) is 1.80. The van der Waals surface area contributed by atoms with E-state index in [1.807, 2.05) is 24.3 Å². The lowest BCUT2D eigenvalue weighted by molar-refractivity contribution is 0.417. The number of ether oxygens (including phenoxy) is 1. The molecule has 0 N–H and O–H groups in total. The fourth-order valence-corrected chi connectivity index (χ4v) is 2.33. The minimum absolute atomic E-state index is 0.0120. The Bertz CT molecular complexity index is 493. The molecule has 0 saturated heterocycles. The Morgan fingerprint density at radius 2 is 1.75 bits per heavy atom. The molecule has 1 aliphatic heterocycles. The Hall–Kier alpha value is -1.76. The van der Waals surface area contributed by atoms with Crippen LogP contribution in [-0.2, 0) is 5.41 Å². The van der Waals surface area contributed by atoms with Crippen molar-refractivity contribution in [3.8, 4) is 11.5 Å². The van der Waals surface area contributed by atoms with E-state index in [2.05, 4.69) is 38.1 Å². The number of para-hydroxylation sites is 2. The SMILES string of the molecule is CC1(C)c2ccc[c]c2Oc2ccccc21. The van der Waals surface area contributed by atoms with Crippen LogP contribution in [0.4, 0.5) is 0 Å². The molecule has 0 aliphatic carbocycles. The van der Waals surface area contributed by atoms with Crippen molar-refractivity contribution in [2.45, 2.75) is 19.3 Å². The topological polar surface area (TPSA) is 9.23 Å². The van der Waals surface area contributed by atoms with Crippen LogP contribution in [0.5, 0.6) is 11.5 Å². The molecule has 0 saturated carbocycles. The average Bonchev–Trinajstić information content (AvgIpc) is 2.29. The minimum Gasteiger partial charge on any atom is -0.456 e. The molecular formula is C15H13O. The molecule has 0 aromatic heterocycles. The largest absolute Gasteiger partial charge is 0.456 e. The quantitative estimate of drug-likeness (QED) is 0.639. The molecular weight excluding hydrogens is 196 g/mol. The van der Waals surface area contributed by atoms with Gasteiger partial charge in [0.15, 0.2) is 0 Å². The Morgan fingerprint density at radius 1 is 1.00 bits per heavy atom. The van der Waals surface area contributed by atoms with Gasteiger partial charge in [0.05, 0.1) is 0 Å². The van der Waals surface area contributed by atoms with E-state index >= 15 is 0 Å². The second-order valence-corrected chi connectivity index (χ2v) is 4.64. The van der Waals surface area contributed by atoms with E-state index in [1.165, 1.54) is 11.1 Å². The van der Waals surface area contributed by atoms with Crippen molar-refractivity contribution in [2.24, 2.45) is 0 Å². The van der Waals surface area contributed by atoms with E-state index in [-0.39, 0.29) is 5.41 Å². The lowest BCUT2D eigenvalue weighted by Gasteiger charge is -2.34. The lowest BCUT2D eigenvalue weighted by atomic mass is 9.76. The van der Waals surface area contributed by atoms with Gasteiger partial charge in [0.1, 0.15) is 11.5 Å². The Kier molecular flexibility index (Phi) is 1.84. The van der Waals surface area contributed by atoms with Gasteiger partial charge in [-0.1, -0.05) is 50.2 Å². The minimum atomic E-state index is -0.0120. The van der Waals surface area contributed by atoms with Crippen LogP contribution in [0.1, 0.15) is 25.0 Å². The first-order valence-electron chi connectivity index (χ1n) is 5.48. The molecule has 3 rings (SSSR count). The molecule has 0 atom stereocenters. The first-order valence-corrected chi connectivity index (χ1v) is 5.48. The molecule has 0 spiro atoms. The highest BCUT2D eigenvalue weighted by atomic mass is 16.5. The zero-order valence-corrected chi connectivity index (χ0v) is 9.45. The normalized spacial score (nSPS) is 15.9. The van der Waals surface area contributed by atoms with Crippen molar-refractivity contribution in [3.63, 3.8) is 0 Å². The van der Waals surface area contributed by atoms with Gasteiger partial charge in [-0.25, -0.2) is 0 Å². The van der Waals surface area contributed by atoms with Crippen molar-refractivity contribution in [1.29, 1.82) is 0 Å². The average molecular weight is 209 g/mol. The maximum atomic E-state index is 5.86. The standard InChI is InChI=1S/C15H13O/c1-15(2)11-7-3-5-9-13(11)16-14-10-6-4-8-12(14)15/h3-9H,1-2H3. The van der Waals surface area contributed by atoms with Crippen molar-refractivity contribution in [2.75, 3.05) is 0 Å². The molecule has 1 nitrogen and oxygen atoms in total. The van der Waals surface area contributed by atoms with Crippen molar-refractivity contribution < 1.29 is 4.74 Å². The number of hydrogen-bond acceptors (Lipinski definition) is 1. The third-order valence-corrected chi connectivity index (χ3v) is 3.26. The highest BCUT2D eigenvalue weighted by Gasteiger charge is 2.33. The molecule has 79 valence electrons. The maximum Gasteiger partial charge on any atom is 0.139 e. The summed E-state index contributed by atoms with van der Waals surface area (Å²) in [5.41, 5.74) is 2.43. The van der Waals surface area contributed by atoms with E-state index in [4.69, 9.17) is 4.74 Å². The predicted octanol–water partition coefficient (Wildman–Crippen LogP) is 3.92. The van der Waals surface area contributed by atoms with Gasteiger partial charge in [0.2, 0.25) is 0 Å². The van der Waals surface area contributed by atoms with Crippen LogP contribution in [0.3, 0.4) is 0 Å². The zero-order chi connectivity index (χ0) is 11.2. The summed E-state index contributed by atoms with van der Waals surface area (Å²) in [6.07, 6.45) is 0. The van der Waals surface area contributed by atoms with E-state index in [0.29, 0.717) is 0 Å². The molecule has 0 fully saturated rings. The van der Waals surface area contributed by atoms with Crippen molar-refractivity contribution >= 4 is 0 Å². The number of rotatable bonds is 0. The molecule has 2 aromatic rings. The highest BCUT2D eigenvalue weighted by Crippen LogP contribution is 2.46. The third kappa shape index (κ3) is 1.18. The van der Waals surface area contributed by atoms with Crippen LogP contribution in [0.15, 0.2) is 42.5 Å². The lowest BCUT2D eigenvalue weighted by Crippen LogP contribution is -2.24. The first-order chi connectivity index (χ1) is 7.69. The Morgan fingerprint density at radius 3 is 2.62 bits per heavy atom. The van der Waals surface area contributed by atoms with E-state index in [9.17, 15) is 0 Å². The number of hydrogen-bond donors (Lipinski definition) is 0. The molecule has 0 bridgehead atoms. The van der Waals surface area contributed by atoms with Gasteiger partial charge >= 0.3 is 0 Å². The van der Waals surface area contributed by atoms with Crippen LogP contribution in [0, 0.1) is 6.07 Å². The summed E-state index contributed by atoms with van der Waals surface area (Å²) in [5, 5.41) is 0. The molecule has 0 amide bonds. The van der Waals surface area contributed by atoms with Crippen LogP contribution >= 0.6 is 0 Å². The summed E-state index contributed by atoms with van der Waals surface area (Å²) >= 11 is 0. The summed E-state index contributed by atoms with van der Waals surface area (Å²) < 4.78 is 5.86. The van der Waals surface area contributed by atoms with Crippen LogP contribution in [-0.4, -0.2) is 0 Å². The third-order valence-electron chi connectivity index (χ3n) is 3.26. The van der Waals surface area contributed by atoms with E-state index < -0.39 is 0 Å². The second kappa shape index (κ2) is 3.11. The molecule has 0 unspecified atom stereocenters. The molecule has 1 aliphatic rings.